The zero-order chi connectivity index (χ0) is 19.1. The van der Waals surface area contributed by atoms with Gasteiger partial charge in [0.15, 0.2) is 0 Å². The molecule has 1 heterocycles. The van der Waals surface area contributed by atoms with Crippen LogP contribution in [0.15, 0.2) is 30.3 Å². The second-order valence-corrected chi connectivity index (χ2v) is 6.40. The first-order chi connectivity index (χ1) is 12.4. The molecule has 0 bridgehead atoms. The molecule has 1 aromatic carbocycles. The average molecular weight is 362 g/mol. The number of likely N-dealkylation sites (N-methyl/N-ethyl adjacent to an activating group) is 1. The van der Waals surface area contributed by atoms with Gasteiger partial charge in [-0.25, -0.2) is 4.39 Å². The third-order valence-electron chi connectivity index (χ3n) is 4.47. The smallest absolute Gasteiger partial charge is 0.306 e. The molecular weight excluding hydrogens is 339 g/mol. The molecular formula is C19H23FN2O4. The zero-order valence-corrected chi connectivity index (χ0v) is 14.7. The first kappa shape index (κ1) is 19.6. The van der Waals surface area contributed by atoms with E-state index in [2.05, 4.69) is 0 Å². The number of benzene rings is 1. The van der Waals surface area contributed by atoms with Crippen LogP contribution in [-0.4, -0.2) is 59.4 Å². The molecule has 0 spiro atoms. The lowest BCUT2D eigenvalue weighted by Gasteiger charge is -2.31. The van der Waals surface area contributed by atoms with Crippen LogP contribution in [0, 0.1) is 11.7 Å². The van der Waals surface area contributed by atoms with Gasteiger partial charge in [-0.1, -0.05) is 24.3 Å². The van der Waals surface area contributed by atoms with Crippen molar-refractivity contribution in [3.8, 4) is 0 Å². The van der Waals surface area contributed by atoms with Gasteiger partial charge in [-0.3, -0.25) is 14.4 Å². The van der Waals surface area contributed by atoms with E-state index in [-0.39, 0.29) is 30.6 Å². The van der Waals surface area contributed by atoms with E-state index in [1.54, 1.807) is 36.2 Å². The second kappa shape index (κ2) is 9.12. The lowest BCUT2D eigenvalue weighted by Crippen LogP contribution is -2.45. The number of carbonyl (C=O) groups is 3. The van der Waals surface area contributed by atoms with Gasteiger partial charge in [-0.2, -0.15) is 0 Å². The third-order valence-corrected chi connectivity index (χ3v) is 4.47. The van der Waals surface area contributed by atoms with Gasteiger partial charge >= 0.3 is 5.97 Å². The summed E-state index contributed by atoms with van der Waals surface area (Å²) in [5.74, 6) is -1.90. The molecule has 0 atom stereocenters. The van der Waals surface area contributed by atoms with Crippen molar-refractivity contribution in [2.75, 3.05) is 26.7 Å². The Morgan fingerprint density at radius 3 is 2.42 bits per heavy atom. The van der Waals surface area contributed by atoms with Crippen molar-refractivity contribution in [3.05, 3.63) is 41.7 Å². The lowest BCUT2D eigenvalue weighted by molar-refractivity contribution is -0.146. The minimum atomic E-state index is -0.822. The number of aliphatic carboxylic acids is 1. The van der Waals surface area contributed by atoms with E-state index in [9.17, 15) is 18.8 Å². The van der Waals surface area contributed by atoms with Gasteiger partial charge in [-0.05, 0) is 30.5 Å². The number of carboxylic acids is 1. The Labute approximate surface area is 151 Å². The summed E-state index contributed by atoms with van der Waals surface area (Å²) in [6, 6.07) is 5.92. The predicted molar refractivity (Wildman–Crippen MR) is 94.6 cm³/mol. The van der Waals surface area contributed by atoms with E-state index >= 15 is 0 Å². The molecule has 1 aliphatic heterocycles. The quantitative estimate of drug-likeness (QED) is 0.840. The molecule has 1 fully saturated rings. The summed E-state index contributed by atoms with van der Waals surface area (Å²) in [5, 5.41) is 8.98. The molecule has 140 valence electrons. The minimum Gasteiger partial charge on any atom is -0.481 e. The fourth-order valence-electron chi connectivity index (χ4n) is 2.79. The van der Waals surface area contributed by atoms with Crippen molar-refractivity contribution in [2.45, 2.75) is 19.3 Å². The Kier molecular flexibility index (Phi) is 6.89. The van der Waals surface area contributed by atoms with E-state index in [0.29, 0.717) is 25.9 Å². The number of hydrogen-bond acceptors (Lipinski definition) is 3. The number of carboxylic acid groups (broad SMARTS) is 1. The Bertz CT molecular complexity index is 679. The summed E-state index contributed by atoms with van der Waals surface area (Å²) in [5.41, 5.74) is 0.791. The molecule has 2 amide bonds. The number of rotatable bonds is 6. The van der Waals surface area contributed by atoms with Crippen LogP contribution in [0.4, 0.5) is 4.39 Å². The Morgan fingerprint density at radius 1 is 1.23 bits per heavy atom. The fraction of sp³-hybridized carbons (Fsp3) is 0.421. The standard InChI is InChI=1S/C19H23FN2O4/c1-21(13-18(24)22-11-9-15(10-12-22)19(25)26)17(23)4-2-3-14-5-7-16(20)8-6-14/h2-3,5-8,15H,4,9-13H2,1H3,(H,25,26)/b3-2+. The fourth-order valence-corrected chi connectivity index (χ4v) is 2.79. The van der Waals surface area contributed by atoms with Gasteiger partial charge in [0.1, 0.15) is 5.82 Å². The van der Waals surface area contributed by atoms with Crippen LogP contribution in [0.2, 0.25) is 0 Å². The Hall–Kier alpha value is -2.70. The number of likely N-dealkylation sites (tertiary alicyclic amines) is 1. The molecule has 0 aromatic heterocycles. The highest BCUT2D eigenvalue weighted by molar-refractivity contribution is 5.85. The first-order valence-electron chi connectivity index (χ1n) is 8.53. The summed E-state index contributed by atoms with van der Waals surface area (Å²) in [4.78, 5) is 38.3. The van der Waals surface area contributed by atoms with E-state index in [4.69, 9.17) is 5.11 Å². The van der Waals surface area contributed by atoms with E-state index < -0.39 is 11.9 Å². The minimum absolute atomic E-state index is 0.0268. The van der Waals surface area contributed by atoms with Crippen LogP contribution in [0.1, 0.15) is 24.8 Å². The Morgan fingerprint density at radius 2 is 1.85 bits per heavy atom. The molecule has 0 saturated carbocycles. The average Bonchev–Trinajstić information content (AvgIpc) is 2.63. The Balaban J connectivity index is 1.76. The molecule has 7 heteroatoms. The van der Waals surface area contributed by atoms with Crippen LogP contribution >= 0.6 is 0 Å². The summed E-state index contributed by atoms with van der Waals surface area (Å²) in [6.07, 6.45) is 4.43. The van der Waals surface area contributed by atoms with Crippen molar-refractivity contribution in [3.63, 3.8) is 0 Å². The largest absolute Gasteiger partial charge is 0.481 e. The first-order valence-corrected chi connectivity index (χ1v) is 8.53. The monoisotopic (exact) mass is 362 g/mol. The number of nitrogens with zero attached hydrogens (tertiary/aromatic N) is 2. The van der Waals surface area contributed by atoms with Crippen molar-refractivity contribution in [1.82, 2.24) is 9.80 Å². The van der Waals surface area contributed by atoms with Gasteiger partial charge in [-0.15, -0.1) is 0 Å². The number of amides is 2. The van der Waals surface area contributed by atoms with Gasteiger partial charge in [0.25, 0.3) is 0 Å². The molecule has 1 aliphatic rings. The molecule has 1 N–H and O–H groups in total. The summed E-state index contributed by atoms with van der Waals surface area (Å²) >= 11 is 0. The van der Waals surface area contributed by atoms with Crippen LogP contribution in [0.25, 0.3) is 6.08 Å². The highest BCUT2D eigenvalue weighted by atomic mass is 19.1. The van der Waals surface area contributed by atoms with Gasteiger partial charge in [0.2, 0.25) is 11.8 Å². The molecule has 0 unspecified atom stereocenters. The maximum Gasteiger partial charge on any atom is 0.306 e. The highest BCUT2D eigenvalue weighted by Crippen LogP contribution is 2.17. The van der Waals surface area contributed by atoms with E-state index in [1.807, 2.05) is 0 Å². The zero-order valence-electron chi connectivity index (χ0n) is 14.7. The number of hydrogen-bond donors (Lipinski definition) is 1. The van der Waals surface area contributed by atoms with Crippen molar-refractivity contribution in [2.24, 2.45) is 5.92 Å². The van der Waals surface area contributed by atoms with Gasteiger partial charge in [0.05, 0.1) is 12.5 Å². The number of carbonyl (C=O) groups excluding carboxylic acids is 2. The van der Waals surface area contributed by atoms with Crippen LogP contribution in [0.3, 0.4) is 0 Å². The van der Waals surface area contributed by atoms with Gasteiger partial charge in [0, 0.05) is 26.6 Å². The molecule has 1 aromatic rings. The van der Waals surface area contributed by atoms with Crippen molar-refractivity contribution in [1.29, 1.82) is 0 Å². The summed E-state index contributed by atoms with van der Waals surface area (Å²) in [7, 11) is 1.57. The van der Waals surface area contributed by atoms with E-state index in [0.717, 1.165) is 5.56 Å². The van der Waals surface area contributed by atoms with Crippen LogP contribution in [0.5, 0.6) is 0 Å². The summed E-state index contributed by atoms with van der Waals surface area (Å²) in [6.45, 7) is 0.783. The third kappa shape index (κ3) is 5.68. The van der Waals surface area contributed by atoms with Crippen molar-refractivity contribution < 1.29 is 23.9 Å². The molecule has 6 nitrogen and oxygen atoms in total. The number of piperidine rings is 1. The van der Waals surface area contributed by atoms with Crippen LogP contribution < -0.4 is 0 Å². The van der Waals surface area contributed by atoms with Crippen molar-refractivity contribution >= 4 is 23.9 Å². The predicted octanol–water partition coefficient (Wildman–Crippen LogP) is 2.01. The number of halogens is 1. The molecule has 2 rings (SSSR count). The highest BCUT2D eigenvalue weighted by Gasteiger charge is 2.27. The topological polar surface area (TPSA) is 77.9 Å². The molecule has 0 aliphatic carbocycles. The van der Waals surface area contributed by atoms with E-state index in [1.165, 1.54) is 17.0 Å². The van der Waals surface area contributed by atoms with Gasteiger partial charge < -0.3 is 14.9 Å². The van der Waals surface area contributed by atoms with Crippen LogP contribution in [-0.2, 0) is 14.4 Å². The maximum absolute atomic E-state index is 12.8. The lowest BCUT2D eigenvalue weighted by atomic mass is 9.97. The summed E-state index contributed by atoms with van der Waals surface area (Å²) < 4.78 is 12.8. The maximum atomic E-state index is 12.8. The second-order valence-electron chi connectivity index (χ2n) is 6.40. The molecule has 26 heavy (non-hydrogen) atoms. The SMILES string of the molecule is CN(CC(=O)N1CCC(C(=O)O)CC1)C(=O)C/C=C/c1ccc(F)cc1. The molecule has 0 radical (unpaired) electrons. The molecule has 1 saturated heterocycles. The normalized spacial score (nSPS) is 15.2.